The first-order valence-corrected chi connectivity index (χ1v) is 12.7. The van der Waals surface area contributed by atoms with Crippen LogP contribution in [0.15, 0.2) is 42.0 Å². The summed E-state index contributed by atoms with van der Waals surface area (Å²) in [4.78, 5) is 28.9. The second kappa shape index (κ2) is 11.8. The zero-order chi connectivity index (χ0) is 28.1. The molecule has 12 heteroatoms. The van der Waals surface area contributed by atoms with Crippen molar-refractivity contribution in [3.8, 4) is 6.07 Å². The Kier molecular flexibility index (Phi) is 9.18. The lowest BCUT2D eigenvalue weighted by Gasteiger charge is -2.40. The Hall–Kier alpha value is -3.01. The second-order valence-electron chi connectivity index (χ2n) is 10.9. The number of carbonyl (C=O) groups is 2. The summed E-state index contributed by atoms with van der Waals surface area (Å²) in [6.45, 7) is 5.12. The molecule has 0 bridgehead atoms. The molecular weight excluding hydrogens is 497 g/mol. The van der Waals surface area contributed by atoms with Crippen molar-refractivity contribution in [3.63, 3.8) is 0 Å². The van der Waals surface area contributed by atoms with E-state index in [4.69, 9.17) is 4.74 Å². The molecule has 2 atom stereocenters. The Morgan fingerprint density at radius 3 is 2.50 bits per heavy atom. The van der Waals surface area contributed by atoms with Crippen molar-refractivity contribution in [1.82, 2.24) is 15.1 Å². The topological polar surface area (TPSA) is 126 Å². The predicted octanol–water partition coefficient (Wildman–Crippen LogP) is 2.29. The van der Waals surface area contributed by atoms with Crippen molar-refractivity contribution in [2.75, 3.05) is 26.2 Å². The molecular formula is C26H35BF2N4O5. The summed E-state index contributed by atoms with van der Waals surface area (Å²) in [6.07, 6.45) is 1.42. The first-order chi connectivity index (χ1) is 17.7. The third kappa shape index (κ3) is 7.76. The molecule has 1 aromatic rings. The van der Waals surface area contributed by atoms with Gasteiger partial charge >= 0.3 is 13.2 Å². The van der Waals surface area contributed by atoms with Gasteiger partial charge in [-0.3, -0.25) is 9.69 Å². The van der Waals surface area contributed by atoms with E-state index in [2.05, 4.69) is 5.32 Å². The molecule has 2 saturated heterocycles. The minimum atomic E-state index is -2.80. The molecule has 9 nitrogen and oxygen atoms in total. The van der Waals surface area contributed by atoms with Crippen LogP contribution in [-0.2, 0) is 16.0 Å². The summed E-state index contributed by atoms with van der Waals surface area (Å²) in [6, 6.07) is 10.9. The van der Waals surface area contributed by atoms with Crippen LogP contribution >= 0.6 is 0 Å². The summed E-state index contributed by atoms with van der Waals surface area (Å²) in [5.41, 5.74) is -1.38. The number of nitrogens with zero attached hydrogens (tertiary/aromatic N) is 3. The van der Waals surface area contributed by atoms with E-state index in [0.717, 1.165) is 5.56 Å². The molecule has 2 aliphatic rings. The van der Waals surface area contributed by atoms with Crippen molar-refractivity contribution < 1.29 is 33.2 Å². The van der Waals surface area contributed by atoms with Crippen molar-refractivity contribution in [2.45, 2.75) is 69.5 Å². The Balaban J connectivity index is 1.65. The van der Waals surface area contributed by atoms with E-state index in [-0.39, 0.29) is 31.5 Å². The maximum atomic E-state index is 13.7. The lowest BCUT2D eigenvalue weighted by atomic mass is 9.76. The number of rotatable bonds is 8. The van der Waals surface area contributed by atoms with Gasteiger partial charge in [0, 0.05) is 25.0 Å². The van der Waals surface area contributed by atoms with Gasteiger partial charge in [0.05, 0.1) is 19.0 Å². The fourth-order valence-corrected chi connectivity index (χ4v) is 4.95. The van der Waals surface area contributed by atoms with E-state index in [9.17, 15) is 33.7 Å². The molecule has 1 aromatic carbocycles. The van der Waals surface area contributed by atoms with Gasteiger partial charge in [0.15, 0.2) is 0 Å². The summed E-state index contributed by atoms with van der Waals surface area (Å²) in [5, 5.41) is 31.7. The Labute approximate surface area is 222 Å². The number of alkyl halides is 2. The van der Waals surface area contributed by atoms with Gasteiger partial charge in [-0.15, -0.1) is 0 Å². The summed E-state index contributed by atoms with van der Waals surface area (Å²) in [5.74, 6) is -4.38. The maximum absolute atomic E-state index is 13.7. The van der Waals surface area contributed by atoms with Crippen LogP contribution in [0, 0.1) is 11.3 Å². The third-order valence-corrected chi connectivity index (χ3v) is 7.08. The molecule has 0 unspecified atom stereocenters. The Morgan fingerprint density at radius 2 is 1.92 bits per heavy atom. The zero-order valence-electron chi connectivity index (χ0n) is 22.0. The number of carbonyl (C=O) groups excluding carboxylic acids is 2. The summed E-state index contributed by atoms with van der Waals surface area (Å²) < 4.78 is 33.1. The molecule has 2 aliphatic heterocycles. The van der Waals surface area contributed by atoms with E-state index in [0.29, 0.717) is 19.4 Å². The van der Waals surface area contributed by atoms with Gasteiger partial charge in [0.25, 0.3) is 11.8 Å². The zero-order valence-corrected chi connectivity index (χ0v) is 22.0. The van der Waals surface area contributed by atoms with Gasteiger partial charge in [0.1, 0.15) is 17.2 Å². The van der Waals surface area contributed by atoms with Crippen molar-refractivity contribution in [1.29, 1.82) is 5.26 Å². The van der Waals surface area contributed by atoms with Crippen LogP contribution in [-0.4, -0.2) is 88.1 Å². The molecule has 3 N–H and O–H groups in total. The van der Waals surface area contributed by atoms with Crippen LogP contribution in [0.25, 0.3) is 0 Å². The lowest BCUT2D eigenvalue weighted by Crippen LogP contribution is -2.54. The molecule has 2 amide bonds. The highest BCUT2D eigenvalue weighted by molar-refractivity contribution is 6.43. The number of hydrogen-bond acceptors (Lipinski definition) is 7. The van der Waals surface area contributed by atoms with E-state index >= 15 is 0 Å². The number of nitrogens with one attached hydrogen (secondary N) is 1. The average Bonchev–Trinajstić information content (AvgIpc) is 3.22. The number of halogens is 2. The first-order valence-electron chi connectivity index (χ1n) is 12.7. The van der Waals surface area contributed by atoms with Crippen molar-refractivity contribution in [3.05, 3.63) is 47.5 Å². The number of hydrogen-bond donors (Lipinski definition) is 3. The molecule has 0 saturated carbocycles. The monoisotopic (exact) mass is 532 g/mol. The molecule has 0 spiro atoms. The predicted molar refractivity (Wildman–Crippen MR) is 137 cm³/mol. The highest BCUT2D eigenvalue weighted by Crippen LogP contribution is 2.33. The smallest absolute Gasteiger partial charge is 0.441 e. The van der Waals surface area contributed by atoms with Crippen molar-refractivity contribution in [2.24, 2.45) is 0 Å². The van der Waals surface area contributed by atoms with Crippen LogP contribution in [0.3, 0.4) is 0 Å². The number of piperidine rings is 1. The number of ether oxygens (including phenoxy) is 1. The number of benzene rings is 1. The van der Waals surface area contributed by atoms with Crippen LogP contribution < -0.4 is 5.32 Å². The summed E-state index contributed by atoms with van der Waals surface area (Å²) >= 11 is 0. The van der Waals surface area contributed by atoms with E-state index in [1.807, 2.05) is 12.1 Å². The minimum Gasteiger partial charge on any atom is -0.441 e. The molecule has 3 rings (SSSR count). The highest BCUT2D eigenvalue weighted by Gasteiger charge is 2.44. The highest BCUT2D eigenvalue weighted by atomic mass is 19.3. The quantitative estimate of drug-likeness (QED) is 0.267. The largest absolute Gasteiger partial charge is 0.475 e. The van der Waals surface area contributed by atoms with Gasteiger partial charge in [-0.2, -0.15) is 5.26 Å². The number of amides is 2. The van der Waals surface area contributed by atoms with E-state index in [1.165, 1.54) is 11.0 Å². The standard InChI is InChI=1S/C26H35BF2N4O5/c1-24(2,33-13-11-26(28,29)18-33)15-20(16-30)22(34)32-12-7-10-25(3,17-32)38-23(35)31-21(27(36)37)14-19-8-5-4-6-9-19/h4-6,8-9,15,21,36-37H,7,10-14,17-18H2,1-3H3,(H,31,35)/t21-,25-/m0/s1. The van der Waals surface area contributed by atoms with Gasteiger partial charge in [-0.1, -0.05) is 30.3 Å². The van der Waals surface area contributed by atoms with Crippen LogP contribution in [0.5, 0.6) is 0 Å². The Bertz CT molecular complexity index is 1080. The number of nitriles is 1. The maximum Gasteiger partial charge on any atom is 0.475 e. The van der Waals surface area contributed by atoms with Gasteiger partial charge in [0.2, 0.25) is 0 Å². The molecule has 2 fully saturated rings. The molecule has 38 heavy (non-hydrogen) atoms. The fourth-order valence-electron chi connectivity index (χ4n) is 4.95. The van der Waals surface area contributed by atoms with Gasteiger partial charge in [-0.25, -0.2) is 13.6 Å². The molecule has 2 heterocycles. The van der Waals surface area contributed by atoms with Gasteiger partial charge < -0.3 is 25.0 Å². The van der Waals surface area contributed by atoms with E-state index < -0.39 is 48.7 Å². The third-order valence-electron chi connectivity index (χ3n) is 7.08. The van der Waals surface area contributed by atoms with E-state index in [1.54, 1.807) is 49.9 Å². The Morgan fingerprint density at radius 1 is 1.24 bits per heavy atom. The average molecular weight is 532 g/mol. The van der Waals surface area contributed by atoms with Crippen LogP contribution in [0.1, 0.15) is 45.6 Å². The molecule has 0 radical (unpaired) electrons. The molecule has 0 aromatic heterocycles. The van der Waals surface area contributed by atoms with Crippen molar-refractivity contribution >= 4 is 19.1 Å². The second-order valence-corrected chi connectivity index (χ2v) is 10.9. The van der Waals surface area contributed by atoms with Gasteiger partial charge in [-0.05, 0) is 51.7 Å². The first kappa shape index (κ1) is 29.5. The molecule has 0 aliphatic carbocycles. The lowest BCUT2D eigenvalue weighted by molar-refractivity contribution is -0.133. The normalized spacial score (nSPS) is 22.9. The minimum absolute atomic E-state index is 0.0194. The van der Waals surface area contributed by atoms with Crippen LogP contribution in [0.4, 0.5) is 13.6 Å². The fraction of sp³-hybridized carbons (Fsp3) is 0.577. The number of alkyl carbamates (subject to hydrolysis) is 1. The molecule has 206 valence electrons. The number of likely N-dealkylation sites (tertiary alicyclic amines) is 2. The summed E-state index contributed by atoms with van der Waals surface area (Å²) in [7, 11) is -1.82. The van der Waals surface area contributed by atoms with Crippen LogP contribution in [0.2, 0.25) is 0 Å². The SMILES string of the molecule is CC(C)(C=C(C#N)C(=O)N1CCC[C@](C)(OC(=O)N[C@@H](Cc2ccccc2)B(O)O)C1)N1CCC(F)(F)C1.